The molecule has 2 aliphatic heterocycles. The van der Waals surface area contributed by atoms with Crippen molar-refractivity contribution in [1.29, 1.82) is 0 Å². The molecular weight excluding hydrogens is 390 g/mol. The van der Waals surface area contributed by atoms with E-state index in [1.807, 2.05) is 27.7 Å². The van der Waals surface area contributed by atoms with E-state index >= 15 is 0 Å². The highest BCUT2D eigenvalue weighted by molar-refractivity contribution is 7.15. The third kappa shape index (κ3) is 2.83. The number of carbonyl (C=O) groups is 3. The van der Waals surface area contributed by atoms with Crippen LogP contribution in [0.2, 0.25) is 0 Å². The topological polar surface area (TPSA) is 95.5 Å². The molecule has 0 spiro atoms. The first-order chi connectivity index (χ1) is 13.7. The van der Waals surface area contributed by atoms with Crippen LogP contribution in [0, 0.1) is 0 Å². The zero-order valence-electron chi connectivity index (χ0n) is 16.9. The quantitative estimate of drug-likeness (QED) is 0.835. The molecule has 3 heterocycles. The number of hydrogen-bond donors (Lipinski definition) is 1. The molecule has 29 heavy (non-hydrogen) atoms. The fourth-order valence-electron chi connectivity index (χ4n) is 3.98. The normalized spacial score (nSPS) is 21.2. The Morgan fingerprint density at radius 3 is 2.62 bits per heavy atom. The summed E-state index contributed by atoms with van der Waals surface area (Å²) < 4.78 is 0. The molecule has 2 aromatic rings. The van der Waals surface area contributed by atoms with Crippen molar-refractivity contribution in [2.24, 2.45) is 0 Å². The van der Waals surface area contributed by atoms with Gasteiger partial charge in [-0.3, -0.25) is 24.6 Å². The Hall–Kier alpha value is -2.81. The summed E-state index contributed by atoms with van der Waals surface area (Å²) in [6, 6.07) is 6.93. The van der Waals surface area contributed by atoms with Crippen molar-refractivity contribution in [3.63, 3.8) is 0 Å². The number of benzene rings is 1. The number of likely N-dealkylation sites (N-methyl/N-ethyl adjacent to an activating group) is 1. The molecule has 3 amide bonds. The summed E-state index contributed by atoms with van der Waals surface area (Å²) in [5, 5.41) is 12.2. The molecule has 1 atom stereocenters. The molecule has 1 saturated heterocycles. The monoisotopic (exact) mass is 413 g/mol. The van der Waals surface area contributed by atoms with Gasteiger partial charge in [0, 0.05) is 24.8 Å². The zero-order chi connectivity index (χ0) is 21.0. The molecule has 4 rings (SSSR count). The maximum atomic E-state index is 13.5. The number of hydrogen-bond acceptors (Lipinski definition) is 6. The Labute approximate surface area is 172 Å². The van der Waals surface area contributed by atoms with Crippen LogP contribution in [0.15, 0.2) is 24.3 Å². The molecule has 0 radical (unpaired) electrons. The fourth-order valence-corrected chi connectivity index (χ4v) is 4.78. The second-order valence-corrected chi connectivity index (χ2v) is 9.21. The second kappa shape index (κ2) is 6.62. The van der Waals surface area contributed by atoms with Gasteiger partial charge in [-0.05, 0) is 19.1 Å². The number of anilines is 2. The number of amides is 3. The van der Waals surface area contributed by atoms with Crippen LogP contribution < -0.4 is 10.2 Å². The minimum Gasteiger partial charge on any atom is -0.307 e. The van der Waals surface area contributed by atoms with Gasteiger partial charge in [-0.15, -0.1) is 10.2 Å². The lowest BCUT2D eigenvalue weighted by Crippen LogP contribution is -2.69. The smallest absolute Gasteiger partial charge is 0.273 e. The number of aromatic nitrogens is 2. The molecule has 8 nitrogen and oxygen atoms in total. The summed E-state index contributed by atoms with van der Waals surface area (Å²) in [7, 11) is 0. The van der Waals surface area contributed by atoms with Crippen LogP contribution in [-0.2, 0) is 15.0 Å². The summed E-state index contributed by atoms with van der Waals surface area (Å²) in [6.45, 7) is 8.17. The van der Waals surface area contributed by atoms with Gasteiger partial charge in [-0.25, -0.2) is 0 Å². The van der Waals surface area contributed by atoms with Crippen LogP contribution in [0.5, 0.6) is 0 Å². The van der Waals surface area contributed by atoms with E-state index in [1.165, 1.54) is 21.1 Å². The predicted molar refractivity (Wildman–Crippen MR) is 110 cm³/mol. The maximum Gasteiger partial charge on any atom is 0.273 e. The average Bonchev–Trinajstić information content (AvgIpc) is 3.28. The molecular formula is C20H23N5O3S. The summed E-state index contributed by atoms with van der Waals surface area (Å²) >= 11 is 1.30. The minimum absolute atomic E-state index is 0.175. The van der Waals surface area contributed by atoms with Crippen LogP contribution in [0.25, 0.3) is 0 Å². The van der Waals surface area contributed by atoms with E-state index in [1.54, 1.807) is 24.3 Å². The van der Waals surface area contributed by atoms with Gasteiger partial charge in [-0.1, -0.05) is 44.2 Å². The van der Waals surface area contributed by atoms with Gasteiger partial charge in [0.05, 0.1) is 11.3 Å². The van der Waals surface area contributed by atoms with Crippen molar-refractivity contribution < 1.29 is 14.4 Å². The zero-order valence-corrected chi connectivity index (χ0v) is 17.7. The minimum atomic E-state index is -1.40. The van der Waals surface area contributed by atoms with Crippen LogP contribution in [0.4, 0.5) is 10.8 Å². The first kappa shape index (κ1) is 19.5. The van der Waals surface area contributed by atoms with Gasteiger partial charge in [0.2, 0.25) is 16.7 Å². The Kier molecular flexibility index (Phi) is 4.45. The molecule has 152 valence electrons. The Morgan fingerprint density at radius 2 is 1.97 bits per heavy atom. The van der Waals surface area contributed by atoms with E-state index in [2.05, 4.69) is 15.5 Å². The van der Waals surface area contributed by atoms with Gasteiger partial charge < -0.3 is 4.90 Å². The van der Waals surface area contributed by atoms with Crippen molar-refractivity contribution >= 4 is 39.9 Å². The second-order valence-electron chi connectivity index (χ2n) is 8.23. The molecule has 1 aromatic heterocycles. The lowest BCUT2D eigenvalue weighted by Gasteiger charge is -2.48. The molecule has 0 unspecified atom stereocenters. The van der Waals surface area contributed by atoms with E-state index in [4.69, 9.17) is 0 Å². The SMILES string of the molecule is CCN1C(=O)c2ccccc2N2C(=O)CC[C@]12C(=O)Nc1nnc(C(C)(C)C)s1. The first-order valence-corrected chi connectivity index (χ1v) is 10.4. The summed E-state index contributed by atoms with van der Waals surface area (Å²) in [5.74, 6) is -0.868. The molecule has 0 saturated carbocycles. The summed E-state index contributed by atoms with van der Waals surface area (Å²) in [4.78, 5) is 42.5. The third-order valence-electron chi connectivity index (χ3n) is 5.34. The van der Waals surface area contributed by atoms with E-state index in [-0.39, 0.29) is 30.1 Å². The molecule has 9 heteroatoms. The van der Waals surface area contributed by atoms with Crippen LogP contribution >= 0.6 is 11.3 Å². The van der Waals surface area contributed by atoms with Gasteiger partial charge in [0.25, 0.3) is 11.8 Å². The number of fused-ring (bicyclic) bond motifs is 3. The Morgan fingerprint density at radius 1 is 1.24 bits per heavy atom. The fraction of sp³-hybridized carbons (Fsp3) is 0.450. The molecule has 1 N–H and O–H groups in total. The molecule has 1 aromatic carbocycles. The van der Waals surface area contributed by atoms with Crippen molar-refractivity contribution in [2.75, 3.05) is 16.8 Å². The molecule has 0 aliphatic carbocycles. The lowest BCUT2D eigenvalue weighted by atomic mass is 9.95. The standard InChI is InChI=1S/C20H23N5O3S/c1-5-24-15(27)12-8-6-7-9-13(12)25-14(26)10-11-20(24,25)16(28)21-18-23-22-17(29-18)19(2,3)4/h6-9H,5,10-11H2,1-4H3,(H,21,23,28)/t20-/m0/s1. The highest BCUT2D eigenvalue weighted by Crippen LogP contribution is 2.45. The number of nitrogens with one attached hydrogen (secondary N) is 1. The van der Waals surface area contributed by atoms with Crippen LogP contribution in [0.3, 0.4) is 0 Å². The highest BCUT2D eigenvalue weighted by atomic mass is 32.1. The average molecular weight is 414 g/mol. The predicted octanol–water partition coefficient (Wildman–Crippen LogP) is 2.77. The third-order valence-corrected chi connectivity index (χ3v) is 6.61. The number of carbonyl (C=O) groups excluding carboxylic acids is 3. The number of nitrogens with zero attached hydrogens (tertiary/aromatic N) is 4. The molecule has 0 bridgehead atoms. The number of rotatable bonds is 3. The van der Waals surface area contributed by atoms with Gasteiger partial charge in [0.1, 0.15) is 5.01 Å². The van der Waals surface area contributed by atoms with Crippen molar-refractivity contribution in [3.05, 3.63) is 34.8 Å². The number of para-hydroxylation sites is 1. The van der Waals surface area contributed by atoms with Gasteiger partial charge in [0.15, 0.2) is 0 Å². The highest BCUT2D eigenvalue weighted by Gasteiger charge is 2.60. The van der Waals surface area contributed by atoms with Gasteiger partial charge in [-0.2, -0.15) is 0 Å². The van der Waals surface area contributed by atoms with Crippen LogP contribution in [0.1, 0.15) is 55.9 Å². The van der Waals surface area contributed by atoms with E-state index in [0.717, 1.165) is 5.01 Å². The van der Waals surface area contributed by atoms with E-state index < -0.39 is 11.6 Å². The molecule has 1 fully saturated rings. The Bertz CT molecular complexity index is 1010. The van der Waals surface area contributed by atoms with Crippen LogP contribution in [-0.4, -0.2) is 45.0 Å². The van der Waals surface area contributed by atoms with E-state index in [0.29, 0.717) is 22.9 Å². The Balaban J connectivity index is 1.77. The van der Waals surface area contributed by atoms with Crippen molar-refractivity contribution in [3.8, 4) is 0 Å². The lowest BCUT2D eigenvalue weighted by molar-refractivity contribution is -0.128. The summed E-state index contributed by atoms with van der Waals surface area (Å²) in [5.41, 5.74) is -0.680. The van der Waals surface area contributed by atoms with Gasteiger partial charge >= 0.3 is 0 Å². The molecule has 2 aliphatic rings. The largest absolute Gasteiger partial charge is 0.307 e. The first-order valence-electron chi connectivity index (χ1n) is 9.59. The van der Waals surface area contributed by atoms with Crippen molar-refractivity contribution in [2.45, 2.75) is 51.6 Å². The van der Waals surface area contributed by atoms with E-state index in [9.17, 15) is 14.4 Å². The maximum absolute atomic E-state index is 13.5. The summed E-state index contributed by atoms with van der Waals surface area (Å²) in [6.07, 6.45) is 0.422. The van der Waals surface area contributed by atoms with Crippen molar-refractivity contribution in [1.82, 2.24) is 15.1 Å².